The molecule has 4 N–H and O–H groups in total. The van der Waals surface area contributed by atoms with Crippen LogP contribution in [0.25, 0.3) is 0 Å². The van der Waals surface area contributed by atoms with Gasteiger partial charge in [-0.05, 0) is 31.5 Å². The SMILES string of the molecule is Cc1c(C(=O)Nc2cccc(S(=O)(=O)NCCN)c2)oc2c1C(=O)CCC2.Cl. The zero-order valence-electron chi connectivity index (χ0n) is 15.3. The van der Waals surface area contributed by atoms with Gasteiger partial charge in [0.15, 0.2) is 11.5 Å². The van der Waals surface area contributed by atoms with Crippen LogP contribution in [0, 0.1) is 6.92 Å². The van der Waals surface area contributed by atoms with Crippen molar-refractivity contribution in [2.75, 3.05) is 18.4 Å². The molecule has 0 saturated heterocycles. The smallest absolute Gasteiger partial charge is 0.291 e. The standard InChI is InChI=1S/C18H21N3O5S.ClH/c1-11-16-14(22)6-3-7-15(16)26-17(11)18(23)21-12-4-2-5-13(10-12)27(24,25)20-9-8-19;/h2,4-5,10,20H,3,6-9,19H2,1H3,(H,21,23);1H. The van der Waals surface area contributed by atoms with E-state index in [4.69, 9.17) is 10.2 Å². The average molecular weight is 428 g/mol. The summed E-state index contributed by atoms with van der Waals surface area (Å²) in [6, 6.07) is 5.86. The van der Waals surface area contributed by atoms with Gasteiger partial charge in [0.2, 0.25) is 10.0 Å². The van der Waals surface area contributed by atoms with Crippen LogP contribution in [0.5, 0.6) is 0 Å². The normalized spacial score (nSPS) is 13.6. The van der Waals surface area contributed by atoms with Crippen molar-refractivity contribution in [3.05, 3.63) is 46.9 Å². The molecule has 3 rings (SSSR count). The van der Waals surface area contributed by atoms with Crippen LogP contribution in [0.2, 0.25) is 0 Å². The molecule has 0 unspecified atom stereocenters. The highest BCUT2D eigenvalue weighted by Crippen LogP contribution is 2.30. The maximum atomic E-state index is 12.6. The molecule has 0 bridgehead atoms. The maximum Gasteiger partial charge on any atom is 0.291 e. The van der Waals surface area contributed by atoms with Crippen LogP contribution in [-0.4, -0.2) is 33.2 Å². The van der Waals surface area contributed by atoms with Gasteiger partial charge in [-0.1, -0.05) is 6.07 Å². The highest BCUT2D eigenvalue weighted by molar-refractivity contribution is 7.89. The van der Waals surface area contributed by atoms with Crippen molar-refractivity contribution in [3.63, 3.8) is 0 Å². The van der Waals surface area contributed by atoms with Crippen molar-refractivity contribution in [1.29, 1.82) is 0 Å². The zero-order valence-corrected chi connectivity index (χ0v) is 16.9. The van der Waals surface area contributed by atoms with Gasteiger partial charge in [0, 0.05) is 37.2 Å². The first-order valence-corrected chi connectivity index (χ1v) is 10.1. The first kappa shape index (κ1) is 22.1. The first-order valence-electron chi connectivity index (χ1n) is 8.60. The second kappa shape index (κ2) is 8.87. The van der Waals surface area contributed by atoms with Crippen LogP contribution < -0.4 is 15.8 Å². The van der Waals surface area contributed by atoms with Gasteiger partial charge in [-0.2, -0.15) is 0 Å². The third-order valence-electron chi connectivity index (χ3n) is 4.35. The van der Waals surface area contributed by atoms with E-state index < -0.39 is 15.9 Å². The molecule has 0 spiro atoms. The molecule has 152 valence electrons. The summed E-state index contributed by atoms with van der Waals surface area (Å²) in [5, 5.41) is 2.63. The van der Waals surface area contributed by atoms with E-state index in [2.05, 4.69) is 10.0 Å². The Morgan fingerprint density at radius 3 is 2.71 bits per heavy atom. The number of fused-ring (bicyclic) bond motifs is 1. The van der Waals surface area contributed by atoms with E-state index in [1.54, 1.807) is 13.0 Å². The molecule has 1 aliphatic rings. The summed E-state index contributed by atoms with van der Waals surface area (Å²) in [6.07, 6.45) is 1.77. The second-order valence-electron chi connectivity index (χ2n) is 6.30. The Morgan fingerprint density at radius 2 is 2.04 bits per heavy atom. The molecule has 2 aromatic rings. The molecule has 0 atom stereocenters. The number of sulfonamides is 1. The Morgan fingerprint density at radius 1 is 1.29 bits per heavy atom. The number of nitrogens with one attached hydrogen (secondary N) is 2. The van der Waals surface area contributed by atoms with Crippen LogP contribution in [0.15, 0.2) is 33.6 Å². The predicted molar refractivity (Wildman–Crippen MR) is 107 cm³/mol. The Hall–Kier alpha value is -2.20. The summed E-state index contributed by atoms with van der Waals surface area (Å²) in [6.45, 7) is 1.97. The number of furan rings is 1. The van der Waals surface area contributed by atoms with Crippen molar-refractivity contribution in [1.82, 2.24) is 4.72 Å². The van der Waals surface area contributed by atoms with E-state index in [0.717, 1.165) is 0 Å². The Kier molecular flexibility index (Phi) is 7.00. The van der Waals surface area contributed by atoms with E-state index in [9.17, 15) is 18.0 Å². The number of Topliss-reactive ketones (excluding diaryl/α,β-unsaturated/α-hetero) is 1. The minimum atomic E-state index is -3.71. The molecular formula is C18H22ClN3O5S. The number of carbonyl (C=O) groups is 2. The molecule has 1 amide bonds. The fourth-order valence-corrected chi connectivity index (χ4v) is 4.16. The Bertz CT molecular complexity index is 1000. The van der Waals surface area contributed by atoms with Crippen LogP contribution in [0.3, 0.4) is 0 Å². The summed E-state index contributed by atoms with van der Waals surface area (Å²) < 4.78 is 32.4. The molecule has 0 fully saturated rings. The molecule has 1 aromatic heterocycles. The van der Waals surface area contributed by atoms with Crippen molar-refractivity contribution in [2.45, 2.75) is 31.1 Å². The van der Waals surface area contributed by atoms with Crippen molar-refractivity contribution in [2.24, 2.45) is 5.73 Å². The minimum absolute atomic E-state index is 0. The number of ketones is 1. The summed E-state index contributed by atoms with van der Waals surface area (Å²) in [4.78, 5) is 24.7. The summed E-state index contributed by atoms with van der Waals surface area (Å²) in [7, 11) is -3.71. The molecule has 1 aromatic carbocycles. The van der Waals surface area contributed by atoms with E-state index in [0.29, 0.717) is 41.8 Å². The number of amides is 1. The number of halogens is 1. The molecule has 0 aliphatic heterocycles. The van der Waals surface area contributed by atoms with E-state index in [-0.39, 0.29) is 41.9 Å². The average Bonchev–Trinajstić information content (AvgIpc) is 2.98. The van der Waals surface area contributed by atoms with Crippen molar-refractivity contribution in [3.8, 4) is 0 Å². The maximum absolute atomic E-state index is 12.6. The van der Waals surface area contributed by atoms with Crippen LogP contribution >= 0.6 is 12.4 Å². The third-order valence-corrected chi connectivity index (χ3v) is 5.81. The third kappa shape index (κ3) is 4.44. The molecule has 0 saturated carbocycles. The lowest BCUT2D eigenvalue weighted by Crippen LogP contribution is -2.29. The van der Waals surface area contributed by atoms with Gasteiger partial charge in [-0.3, -0.25) is 9.59 Å². The van der Waals surface area contributed by atoms with Gasteiger partial charge in [0.1, 0.15) is 5.76 Å². The zero-order chi connectivity index (χ0) is 19.6. The van der Waals surface area contributed by atoms with Crippen LogP contribution in [-0.2, 0) is 16.4 Å². The number of anilines is 1. The second-order valence-corrected chi connectivity index (χ2v) is 8.07. The van der Waals surface area contributed by atoms with Gasteiger partial charge in [0.05, 0.1) is 10.5 Å². The number of nitrogens with two attached hydrogens (primary N) is 1. The van der Waals surface area contributed by atoms with Gasteiger partial charge >= 0.3 is 0 Å². The van der Waals surface area contributed by atoms with Crippen LogP contribution in [0.4, 0.5) is 5.69 Å². The van der Waals surface area contributed by atoms with E-state index >= 15 is 0 Å². The Labute approximate surface area is 169 Å². The molecule has 8 nitrogen and oxygen atoms in total. The lowest BCUT2D eigenvalue weighted by Gasteiger charge is -2.08. The number of hydrogen-bond donors (Lipinski definition) is 3. The van der Waals surface area contributed by atoms with Gasteiger partial charge < -0.3 is 15.5 Å². The van der Waals surface area contributed by atoms with Crippen LogP contribution in [0.1, 0.15) is 45.1 Å². The quantitative estimate of drug-likeness (QED) is 0.646. The number of hydrogen-bond acceptors (Lipinski definition) is 6. The summed E-state index contributed by atoms with van der Waals surface area (Å²) in [5.74, 6) is 0.0655. The molecule has 1 aliphatic carbocycles. The van der Waals surface area contributed by atoms with E-state index in [1.807, 2.05) is 0 Å². The van der Waals surface area contributed by atoms with Crippen molar-refractivity contribution >= 4 is 39.8 Å². The summed E-state index contributed by atoms with van der Waals surface area (Å²) >= 11 is 0. The van der Waals surface area contributed by atoms with Gasteiger partial charge in [-0.25, -0.2) is 13.1 Å². The predicted octanol–water partition coefficient (Wildman–Crippen LogP) is 2.02. The minimum Gasteiger partial charge on any atom is -0.455 e. The summed E-state index contributed by atoms with van der Waals surface area (Å²) in [5.41, 5.74) is 6.63. The topological polar surface area (TPSA) is 132 Å². The lowest BCUT2D eigenvalue weighted by molar-refractivity contribution is 0.0963. The monoisotopic (exact) mass is 427 g/mol. The van der Waals surface area contributed by atoms with Gasteiger partial charge in [-0.15, -0.1) is 12.4 Å². The fourth-order valence-electron chi connectivity index (χ4n) is 3.07. The fraction of sp³-hybridized carbons (Fsp3) is 0.333. The molecule has 10 heteroatoms. The number of rotatable bonds is 6. The van der Waals surface area contributed by atoms with Gasteiger partial charge in [0.25, 0.3) is 5.91 Å². The largest absolute Gasteiger partial charge is 0.455 e. The van der Waals surface area contributed by atoms with Crippen molar-refractivity contribution < 1.29 is 22.4 Å². The first-order chi connectivity index (χ1) is 12.8. The lowest BCUT2D eigenvalue weighted by atomic mass is 9.94. The molecule has 28 heavy (non-hydrogen) atoms. The Balaban J connectivity index is 0.00000280. The highest BCUT2D eigenvalue weighted by atomic mass is 35.5. The number of aryl methyl sites for hydroxylation is 1. The van der Waals surface area contributed by atoms with E-state index in [1.165, 1.54) is 18.2 Å². The number of carbonyl (C=O) groups excluding carboxylic acids is 2. The highest BCUT2D eigenvalue weighted by Gasteiger charge is 2.28. The molecule has 1 heterocycles. The molecular weight excluding hydrogens is 406 g/mol. The number of benzene rings is 1. The molecule has 0 radical (unpaired) electrons.